The number of hydrogen-bond acceptors (Lipinski definition) is 3. The second kappa shape index (κ2) is 2.97. The summed E-state index contributed by atoms with van der Waals surface area (Å²) in [5.41, 5.74) is 0. The highest BCUT2D eigenvalue weighted by atomic mass is 15.5. The van der Waals surface area contributed by atoms with Crippen molar-refractivity contribution in [3.8, 4) is 12.3 Å². The molecule has 0 amide bonds. The molecule has 0 bridgehead atoms. The molecule has 10 heavy (non-hydrogen) atoms. The van der Waals surface area contributed by atoms with Gasteiger partial charge in [0.2, 0.25) is 0 Å². The highest BCUT2D eigenvalue weighted by molar-refractivity contribution is 4.97. The minimum atomic E-state index is 0.222. The lowest BCUT2D eigenvalue weighted by Gasteiger charge is -1.98. The summed E-state index contributed by atoms with van der Waals surface area (Å²) >= 11 is 0. The van der Waals surface area contributed by atoms with Crippen LogP contribution in [0.4, 0.5) is 0 Å². The van der Waals surface area contributed by atoms with Gasteiger partial charge < -0.3 is 0 Å². The van der Waals surface area contributed by atoms with Crippen LogP contribution in [0.2, 0.25) is 0 Å². The van der Waals surface area contributed by atoms with Crippen molar-refractivity contribution in [3.63, 3.8) is 0 Å². The molecule has 1 atom stereocenters. The molecule has 0 saturated heterocycles. The number of H-pyrrole nitrogens is 1. The highest BCUT2D eigenvalue weighted by Gasteiger charge is 2.06. The molecular weight excluding hydrogens is 128 g/mol. The quantitative estimate of drug-likeness (QED) is 0.596. The summed E-state index contributed by atoms with van der Waals surface area (Å²) in [5, 5.41) is 13.2. The zero-order valence-corrected chi connectivity index (χ0v) is 5.70. The molecule has 4 heteroatoms. The van der Waals surface area contributed by atoms with E-state index >= 15 is 0 Å². The molecule has 0 spiro atoms. The first-order valence-corrected chi connectivity index (χ1v) is 3.01. The maximum absolute atomic E-state index is 5.10. The fourth-order valence-electron chi connectivity index (χ4n) is 0.649. The van der Waals surface area contributed by atoms with Crippen LogP contribution in [0.3, 0.4) is 0 Å². The smallest absolute Gasteiger partial charge is 0.152 e. The van der Waals surface area contributed by atoms with E-state index in [-0.39, 0.29) is 5.92 Å². The molecule has 52 valence electrons. The molecule has 0 saturated carbocycles. The summed E-state index contributed by atoms with van der Waals surface area (Å²) in [5.74, 6) is 3.51. The minimum Gasteiger partial charge on any atom is -0.243 e. The number of tetrazole rings is 1. The SMILES string of the molecule is C#CCC(C)c1nnn[nH]1. The minimum absolute atomic E-state index is 0.222. The van der Waals surface area contributed by atoms with Crippen LogP contribution in [-0.2, 0) is 0 Å². The van der Waals surface area contributed by atoms with Gasteiger partial charge in [0, 0.05) is 12.3 Å². The molecule has 0 aliphatic carbocycles. The molecule has 0 aliphatic rings. The van der Waals surface area contributed by atoms with E-state index in [1.54, 1.807) is 0 Å². The van der Waals surface area contributed by atoms with Crippen molar-refractivity contribution in [2.24, 2.45) is 0 Å². The van der Waals surface area contributed by atoms with Crippen LogP contribution in [0.15, 0.2) is 0 Å². The Morgan fingerprint density at radius 2 is 2.60 bits per heavy atom. The van der Waals surface area contributed by atoms with Gasteiger partial charge in [0.25, 0.3) is 0 Å². The van der Waals surface area contributed by atoms with Crippen LogP contribution in [0.1, 0.15) is 25.1 Å². The molecule has 1 N–H and O–H groups in total. The number of hydrogen-bond donors (Lipinski definition) is 1. The monoisotopic (exact) mass is 136 g/mol. The van der Waals surface area contributed by atoms with E-state index in [9.17, 15) is 0 Å². The largest absolute Gasteiger partial charge is 0.243 e. The van der Waals surface area contributed by atoms with Gasteiger partial charge >= 0.3 is 0 Å². The first-order chi connectivity index (χ1) is 4.84. The van der Waals surface area contributed by atoms with Gasteiger partial charge in [-0.2, -0.15) is 0 Å². The van der Waals surface area contributed by atoms with Gasteiger partial charge in [-0.3, -0.25) is 0 Å². The van der Waals surface area contributed by atoms with Crippen LogP contribution < -0.4 is 0 Å². The molecule has 1 heterocycles. The summed E-state index contributed by atoms with van der Waals surface area (Å²) in [6.45, 7) is 1.97. The van der Waals surface area contributed by atoms with Crippen LogP contribution >= 0.6 is 0 Å². The Bertz CT molecular complexity index is 220. The first kappa shape index (κ1) is 6.75. The average Bonchev–Trinajstić information content (AvgIpc) is 2.38. The van der Waals surface area contributed by atoms with Crippen molar-refractivity contribution < 1.29 is 0 Å². The summed E-state index contributed by atoms with van der Waals surface area (Å²) in [7, 11) is 0. The van der Waals surface area contributed by atoms with Gasteiger partial charge in [-0.25, -0.2) is 5.10 Å². The lowest BCUT2D eigenvalue weighted by Crippen LogP contribution is -1.94. The van der Waals surface area contributed by atoms with E-state index in [0.29, 0.717) is 6.42 Å². The maximum atomic E-state index is 5.10. The zero-order chi connectivity index (χ0) is 7.40. The van der Waals surface area contributed by atoms with E-state index in [1.807, 2.05) is 6.92 Å². The number of nitrogens with one attached hydrogen (secondary N) is 1. The predicted molar refractivity (Wildman–Crippen MR) is 36.0 cm³/mol. The van der Waals surface area contributed by atoms with Crippen molar-refractivity contribution >= 4 is 0 Å². The predicted octanol–water partition coefficient (Wildman–Crippen LogP) is 0.326. The molecule has 0 aliphatic heterocycles. The Balaban J connectivity index is 2.61. The number of terminal acetylenes is 1. The van der Waals surface area contributed by atoms with Crippen molar-refractivity contribution in [1.29, 1.82) is 0 Å². The van der Waals surface area contributed by atoms with Gasteiger partial charge in [-0.1, -0.05) is 6.92 Å². The molecule has 1 unspecified atom stereocenters. The van der Waals surface area contributed by atoms with Gasteiger partial charge in [-0.05, 0) is 10.4 Å². The second-order valence-electron chi connectivity index (χ2n) is 2.10. The molecule has 0 radical (unpaired) electrons. The summed E-state index contributed by atoms with van der Waals surface area (Å²) in [4.78, 5) is 0. The second-order valence-corrected chi connectivity index (χ2v) is 2.10. The van der Waals surface area contributed by atoms with Crippen LogP contribution in [0.25, 0.3) is 0 Å². The third kappa shape index (κ3) is 1.32. The maximum Gasteiger partial charge on any atom is 0.152 e. The average molecular weight is 136 g/mol. The molecule has 0 aromatic carbocycles. The van der Waals surface area contributed by atoms with Crippen LogP contribution in [0, 0.1) is 12.3 Å². The van der Waals surface area contributed by atoms with Crippen molar-refractivity contribution in [3.05, 3.63) is 5.82 Å². The standard InChI is InChI=1S/C6H8N4/c1-3-4-5(2)6-7-9-10-8-6/h1,5H,4H2,2H3,(H,7,8,9,10). The van der Waals surface area contributed by atoms with Gasteiger partial charge in [0.05, 0.1) is 0 Å². The lowest BCUT2D eigenvalue weighted by molar-refractivity contribution is 0.727. The molecule has 4 nitrogen and oxygen atoms in total. The Hall–Kier alpha value is -1.37. The topological polar surface area (TPSA) is 54.5 Å². The molecule has 1 rings (SSSR count). The third-order valence-corrected chi connectivity index (χ3v) is 1.25. The Labute approximate surface area is 59.0 Å². The number of nitrogens with zero attached hydrogens (tertiary/aromatic N) is 3. The molecular formula is C6H8N4. The summed E-state index contributed by atoms with van der Waals surface area (Å²) in [6, 6.07) is 0. The summed E-state index contributed by atoms with van der Waals surface area (Å²) in [6.07, 6.45) is 5.77. The fraction of sp³-hybridized carbons (Fsp3) is 0.500. The zero-order valence-electron chi connectivity index (χ0n) is 5.70. The highest BCUT2D eigenvalue weighted by Crippen LogP contribution is 2.10. The number of aromatic nitrogens is 4. The van der Waals surface area contributed by atoms with Crippen molar-refractivity contribution in [1.82, 2.24) is 20.6 Å². The number of rotatable bonds is 2. The van der Waals surface area contributed by atoms with Crippen LogP contribution in [-0.4, -0.2) is 20.6 Å². The molecule has 0 fully saturated rings. The Morgan fingerprint density at radius 3 is 3.10 bits per heavy atom. The normalized spacial score (nSPS) is 12.4. The van der Waals surface area contributed by atoms with Crippen molar-refractivity contribution in [2.45, 2.75) is 19.3 Å². The number of aromatic amines is 1. The van der Waals surface area contributed by atoms with E-state index in [0.717, 1.165) is 5.82 Å². The fourth-order valence-corrected chi connectivity index (χ4v) is 0.649. The van der Waals surface area contributed by atoms with E-state index in [4.69, 9.17) is 6.42 Å². The van der Waals surface area contributed by atoms with E-state index in [1.165, 1.54) is 0 Å². The lowest BCUT2D eigenvalue weighted by atomic mass is 10.1. The Morgan fingerprint density at radius 1 is 1.80 bits per heavy atom. The molecule has 1 aromatic heterocycles. The summed E-state index contributed by atoms with van der Waals surface area (Å²) < 4.78 is 0. The third-order valence-electron chi connectivity index (χ3n) is 1.25. The Kier molecular flexibility index (Phi) is 2.00. The van der Waals surface area contributed by atoms with Crippen LogP contribution in [0.5, 0.6) is 0 Å². The van der Waals surface area contributed by atoms with E-state index in [2.05, 4.69) is 26.5 Å². The van der Waals surface area contributed by atoms with E-state index < -0.39 is 0 Å². The molecule has 1 aromatic rings. The van der Waals surface area contributed by atoms with Gasteiger partial charge in [-0.15, -0.1) is 17.4 Å². The first-order valence-electron chi connectivity index (χ1n) is 3.01. The van der Waals surface area contributed by atoms with Gasteiger partial charge in [0.15, 0.2) is 5.82 Å². The van der Waals surface area contributed by atoms with Gasteiger partial charge in [0.1, 0.15) is 0 Å². The van der Waals surface area contributed by atoms with Crippen molar-refractivity contribution in [2.75, 3.05) is 0 Å².